The Labute approximate surface area is 104 Å². The minimum Gasteiger partial charge on any atom is -0.377 e. The molecular formula is C12H21NO3Si. The van der Waals surface area contributed by atoms with E-state index in [9.17, 15) is 0 Å². The molecule has 0 heterocycles. The molecule has 0 aromatic rings. The zero-order valence-electron chi connectivity index (χ0n) is 10.7. The summed E-state index contributed by atoms with van der Waals surface area (Å²) in [4.78, 5) is 0. The third kappa shape index (κ3) is 4.21. The summed E-state index contributed by atoms with van der Waals surface area (Å²) in [5.74, 6) is 0. The van der Waals surface area contributed by atoms with Gasteiger partial charge >= 0.3 is 8.80 Å². The van der Waals surface area contributed by atoms with Crippen LogP contribution in [0.25, 0.3) is 11.1 Å². The molecule has 0 aliphatic heterocycles. The molecule has 96 valence electrons. The van der Waals surface area contributed by atoms with Crippen LogP contribution in [0, 0.1) is 0 Å². The maximum absolute atomic E-state index is 5.36. The largest absolute Gasteiger partial charge is 0.500 e. The van der Waals surface area contributed by atoms with Gasteiger partial charge in [-0.05, 0) is 30.2 Å². The molecule has 4 nitrogen and oxygen atoms in total. The van der Waals surface area contributed by atoms with E-state index < -0.39 is 8.80 Å². The highest BCUT2D eigenvalue weighted by molar-refractivity contribution is 6.60. The quantitative estimate of drug-likeness (QED) is 0.801. The average molecular weight is 255 g/mol. The number of nitrogens with two attached hydrogens (primary N) is 1. The first-order valence-electron chi connectivity index (χ1n) is 5.67. The van der Waals surface area contributed by atoms with Gasteiger partial charge in [-0.25, -0.2) is 0 Å². The summed E-state index contributed by atoms with van der Waals surface area (Å²) in [5.41, 5.74) is 8.21. The van der Waals surface area contributed by atoms with Gasteiger partial charge < -0.3 is 19.0 Å². The van der Waals surface area contributed by atoms with Crippen LogP contribution in [-0.4, -0.2) is 36.7 Å². The van der Waals surface area contributed by atoms with E-state index in [0.29, 0.717) is 6.54 Å². The highest BCUT2D eigenvalue weighted by Crippen LogP contribution is 2.32. The van der Waals surface area contributed by atoms with Gasteiger partial charge in [-0.15, -0.1) is 0 Å². The number of hydrogen-bond donors (Lipinski definition) is 1. The minimum absolute atomic E-state index is 0.644. The van der Waals surface area contributed by atoms with Gasteiger partial charge in [0.15, 0.2) is 0 Å². The molecule has 0 atom stereocenters. The molecule has 0 fully saturated rings. The van der Waals surface area contributed by atoms with Crippen LogP contribution in [0.5, 0.6) is 0 Å². The fourth-order valence-electron chi connectivity index (χ4n) is 1.55. The summed E-state index contributed by atoms with van der Waals surface area (Å²) >= 11 is 0. The lowest BCUT2D eigenvalue weighted by Gasteiger charge is -2.23. The van der Waals surface area contributed by atoms with Crippen molar-refractivity contribution in [1.82, 2.24) is 0 Å². The van der Waals surface area contributed by atoms with E-state index in [4.69, 9.17) is 19.0 Å². The van der Waals surface area contributed by atoms with Crippen molar-refractivity contribution in [1.29, 1.82) is 0 Å². The Morgan fingerprint density at radius 3 is 1.82 bits per heavy atom. The van der Waals surface area contributed by atoms with Gasteiger partial charge in [0.1, 0.15) is 0 Å². The standard InChI is InChI=1S/C6H17NO3Si.C6H4/c1-8-11(9-2,10-3)6-4-5-7;1-2-5-4-6(5)3-1/h4-7H2,1-3H3;1-4H. The SMILES string of the molecule is CO[Si](CCCN)(OC)OC.c1cc2cc-2c1. The Balaban J connectivity index is 0.000000196. The number of rotatable bonds is 6. The molecule has 0 radical (unpaired) electrons. The van der Waals surface area contributed by atoms with Crippen LogP contribution in [0.15, 0.2) is 24.3 Å². The van der Waals surface area contributed by atoms with Crippen LogP contribution in [-0.2, 0) is 13.3 Å². The predicted molar refractivity (Wildman–Crippen MR) is 70.7 cm³/mol. The van der Waals surface area contributed by atoms with Crippen molar-refractivity contribution in [3.63, 3.8) is 0 Å². The van der Waals surface area contributed by atoms with Crippen molar-refractivity contribution in [3.05, 3.63) is 24.3 Å². The van der Waals surface area contributed by atoms with E-state index in [0.717, 1.165) is 12.5 Å². The topological polar surface area (TPSA) is 53.7 Å². The molecule has 0 saturated carbocycles. The molecule has 2 aliphatic carbocycles. The molecule has 5 heteroatoms. The third-order valence-corrected chi connectivity index (χ3v) is 5.56. The van der Waals surface area contributed by atoms with Gasteiger partial charge in [0, 0.05) is 27.4 Å². The lowest BCUT2D eigenvalue weighted by Crippen LogP contribution is -2.42. The average Bonchev–Trinajstić information content (AvgIpc) is 2.99. The summed E-state index contributed by atoms with van der Waals surface area (Å²) in [6.07, 6.45) is 0.877. The predicted octanol–water partition coefficient (Wildman–Crippen LogP) is 1.88. The first-order chi connectivity index (χ1) is 8.21. The van der Waals surface area contributed by atoms with Crippen LogP contribution in [0.2, 0.25) is 6.04 Å². The Bertz CT molecular complexity index is 317. The van der Waals surface area contributed by atoms with Crippen molar-refractivity contribution >= 4 is 8.80 Å². The Kier molecular flexibility index (Phi) is 5.80. The molecular weight excluding hydrogens is 234 g/mol. The monoisotopic (exact) mass is 255 g/mol. The molecule has 0 amide bonds. The highest BCUT2D eigenvalue weighted by Gasteiger charge is 2.36. The van der Waals surface area contributed by atoms with Crippen molar-refractivity contribution in [2.24, 2.45) is 5.73 Å². The number of fused-ring (bicyclic) bond motifs is 1. The minimum atomic E-state index is -2.32. The lowest BCUT2D eigenvalue weighted by atomic mass is 10.5. The van der Waals surface area contributed by atoms with Crippen LogP contribution < -0.4 is 5.73 Å². The van der Waals surface area contributed by atoms with Crippen molar-refractivity contribution in [2.45, 2.75) is 12.5 Å². The van der Waals surface area contributed by atoms with Crippen molar-refractivity contribution in [3.8, 4) is 11.1 Å². The molecule has 0 saturated heterocycles. The first-order valence-corrected chi connectivity index (χ1v) is 7.60. The van der Waals surface area contributed by atoms with E-state index in [-0.39, 0.29) is 0 Å². The fraction of sp³-hybridized carbons (Fsp3) is 0.500. The third-order valence-electron chi connectivity index (χ3n) is 2.73. The Morgan fingerprint density at radius 1 is 1.06 bits per heavy atom. The lowest BCUT2D eigenvalue weighted by molar-refractivity contribution is 0.123. The van der Waals surface area contributed by atoms with Gasteiger partial charge in [0.2, 0.25) is 0 Å². The van der Waals surface area contributed by atoms with E-state index in [1.165, 1.54) is 11.1 Å². The molecule has 2 rings (SSSR count). The van der Waals surface area contributed by atoms with Crippen LogP contribution in [0.3, 0.4) is 0 Å². The van der Waals surface area contributed by atoms with Crippen LogP contribution in [0.1, 0.15) is 6.42 Å². The Hall–Kier alpha value is -0.723. The molecule has 0 bridgehead atoms. The second kappa shape index (κ2) is 6.88. The normalized spacial score (nSPS) is 11.8. The summed E-state index contributed by atoms with van der Waals surface area (Å²) in [6.45, 7) is 0.644. The smallest absolute Gasteiger partial charge is 0.377 e. The zero-order valence-corrected chi connectivity index (χ0v) is 11.7. The van der Waals surface area contributed by atoms with Gasteiger partial charge in [-0.2, -0.15) is 0 Å². The molecule has 0 aromatic heterocycles. The van der Waals surface area contributed by atoms with Crippen molar-refractivity contribution in [2.75, 3.05) is 27.9 Å². The van der Waals surface area contributed by atoms with E-state index in [1.54, 1.807) is 21.3 Å². The molecule has 2 N–H and O–H groups in total. The molecule has 0 unspecified atom stereocenters. The molecule has 0 aromatic carbocycles. The maximum Gasteiger partial charge on any atom is 0.500 e. The van der Waals surface area contributed by atoms with Gasteiger partial charge in [-0.1, -0.05) is 18.2 Å². The number of benzene rings is 1. The van der Waals surface area contributed by atoms with E-state index in [2.05, 4.69) is 24.3 Å². The summed E-state index contributed by atoms with van der Waals surface area (Å²) in [7, 11) is 2.50. The van der Waals surface area contributed by atoms with Gasteiger partial charge in [0.05, 0.1) is 0 Å². The molecule has 17 heavy (non-hydrogen) atoms. The Morgan fingerprint density at radius 2 is 1.59 bits per heavy atom. The van der Waals surface area contributed by atoms with E-state index in [1.807, 2.05) is 0 Å². The second-order valence-electron chi connectivity index (χ2n) is 3.77. The maximum atomic E-state index is 5.36. The zero-order chi connectivity index (χ0) is 12.7. The summed E-state index contributed by atoms with van der Waals surface area (Å²) in [6, 6.07) is 9.27. The second-order valence-corrected chi connectivity index (χ2v) is 6.86. The van der Waals surface area contributed by atoms with Crippen molar-refractivity contribution < 1.29 is 13.3 Å². The van der Waals surface area contributed by atoms with Gasteiger partial charge in [0.25, 0.3) is 0 Å². The first kappa shape index (κ1) is 14.3. The number of hydrogen-bond acceptors (Lipinski definition) is 4. The van der Waals surface area contributed by atoms with Crippen LogP contribution >= 0.6 is 0 Å². The molecule has 0 spiro atoms. The molecule has 2 aliphatic rings. The van der Waals surface area contributed by atoms with Crippen LogP contribution in [0.4, 0.5) is 0 Å². The fourth-order valence-corrected chi connectivity index (χ4v) is 3.30. The highest BCUT2D eigenvalue weighted by atomic mass is 28.4. The van der Waals surface area contributed by atoms with Gasteiger partial charge in [-0.3, -0.25) is 0 Å². The van der Waals surface area contributed by atoms with E-state index >= 15 is 0 Å². The summed E-state index contributed by atoms with van der Waals surface area (Å²) < 4.78 is 15.5. The summed E-state index contributed by atoms with van der Waals surface area (Å²) in [5, 5.41) is 0.